The van der Waals surface area contributed by atoms with Crippen molar-refractivity contribution in [3.8, 4) is 10.6 Å². The third kappa shape index (κ3) is 4.73. The number of carbonyl (C=O) groups excluding carboxylic acids is 1. The topological polar surface area (TPSA) is 112 Å². The third-order valence-electron chi connectivity index (χ3n) is 4.97. The maximum atomic E-state index is 13.1. The maximum absolute atomic E-state index is 13.1. The molecule has 2 aromatic heterocycles. The zero-order chi connectivity index (χ0) is 22.0. The summed E-state index contributed by atoms with van der Waals surface area (Å²) in [5, 5.41) is 8.97. The van der Waals surface area contributed by atoms with Crippen LogP contribution in [-0.4, -0.2) is 41.9 Å². The molecule has 4 rings (SSSR count). The van der Waals surface area contributed by atoms with E-state index in [0.717, 1.165) is 11.3 Å². The predicted molar refractivity (Wildman–Crippen MR) is 115 cm³/mol. The highest BCUT2D eigenvalue weighted by atomic mass is 32.2. The lowest BCUT2D eigenvalue weighted by Crippen LogP contribution is -2.43. The fourth-order valence-electron chi connectivity index (χ4n) is 3.36. The molecule has 0 radical (unpaired) electrons. The molecule has 162 valence electrons. The molecule has 1 fully saturated rings. The number of hydrogen-bond acceptors (Lipinski definition) is 6. The molecule has 1 amide bonds. The molecular weight excluding hydrogens is 443 g/mol. The van der Waals surface area contributed by atoms with Crippen molar-refractivity contribution in [1.29, 1.82) is 0 Å². The van der Waals surface area contributed by atoms with Gasteiger partial charge in [0, 0.05) is 24.8 Å². The molecule has 11 heteroatoms. The average molecular weight is 463 g/mol. The summed E-state index contributed by atoms with van der Waals surface area (Å²) in [5.74, 6) is -1.20. The smallest absolute Gasteiger partial charge is 0.264 e. The number of halogens is 1. The van der Waals surface area contributed by atoms with E-state index in [9.17, 15) is 22.4 Å². The van der Waals surface area contributed by atoms with Crippen molar-refractivity contribution in [1.82, 2.24) is 14.5 Å². The van der Waals surface area contributed by atoms with Gasteiger partial charge in [-0.05, 0) is 55.3 Å². The first-order chi connectivity index (χ1) is 14.8. The number of anilines is 1. The van der Waals surface area contributed by atoms with Gasteiger partial charge in [0.2, 0.25) is 5.91 Å². The molecular formula is C20H19FN4O4S2. The van der Waals surface area contributed by atoms with Gasteiger partial charge in [-0.15, -0.1) is 11.3 Å². The second kappa shape index (κ2) is 8.69. The molecule has 2 N–H and O–H groups in total. The molecule has 1 aromatic carbocycles. The lowest BCUT2D eigenvalue weighted by atomic mass is 9.99. The average Bonchev–Trinajstić information content (AvgIpc) is 3.27. The van der Waals surface area contributed by atoms with Gasteiger partial charge in [-0.25, -0.2) is 17.9 Å². The quantitative estimate of drug-likeness (QED) is 0.605. The number of nitrogens with one attached hydrogen (secondary N) is 2. The number of nitrogens with zero attached hydrogens (tertiary/aromatic N) is 2. The van der Waals surface area contributed by atoms with Crippen LogP contribution in [0.15, 0.2) is 57.5 Å². The Labute approximate surface area is 181 Å². The van der Waals surface area contributed by atoms with Gasteiger partial charge in [-0.1, -0.05) is 0 Å². The van der Waals surface area contributed by atoms with E-state index >= 15 is 0 Å². The number of thiophene rings is 1. The van der Waals surface area contributed by atoms with Crippen LogP contribution in [0.4, 0.5) is 10.1 Å². The molecule has 3 heterocycles. The minimum absolute atomic E-state index is 0.0689. The third-order valence-corrected chi connectivity index (χ3v) is 8.41. The largest absolute Gasteiger partial charge is 0.326 e. The Balaban J connectivity index is 1.48. The molecule has 1 atom stereocenters. The van der Waals surface area contributed by atoms with Gasteiger partial charge in [-0.2, -0.15) is 9.40 Å². The Morgan fingerprint density at radius 2 is 1.94 bits per heavy atom. The molecule has 0 unspecified atom stereocenters. The highest BCUT2D eigenvalue weighted by Gasteiger charge is 2.34. The highest BCUT2D eigenvalue weighted by molar-refractivity contribution is 7.91. The molecule has 1 saturated heterocycles. The summed E-state index contributed by atoms with van der Waals surface area (Å²) in [6, 6.07) is 11.4. The summed E-state index contributed by atoms with van der Waals surface area (Å²) < 4.78 is 40.8. The van der Waals surface area contributed by atoms with Gasteiger partial charge in [0.05, 0.1) is 10.8 Å². The van der Waals surface area contributed by atoms with Crippen LogP contribution in [0.1, 0.15) is 12.8 Å². The molecule has 0 bridgehead atoms. The molecule has 1 aliphatic heterocycles. The van der Waals surface area contributed by atoms with E-state index in [1.54, 1.807) is 6.07 Å². The fourth-order valence-corrected chi connectivity index (χ4v) is 6.31. The number of H-pyrrole nitrogens is 1. The van der Waals surface area contributed by atoms with Crippen LogP contribution in [0, 0.1) is 11.7 Å². The Hall–Kier alpha value is -2.89. The Morgan fingerprint density at radius 1 is 1.16 bits per heavy atom. The number of sulfonamides is 1. The summed E-state index contributed by atoms with van der Waals surface area (Å²) >= 11 is 1.06. The van der Waals surface area contributed by atoms with Crippen LogP contribution in [0.25, 0.3) is 10.6 Å². The maximum Gasteiger partial charge on any atom is 0.264 e. The van der Waals surface area contributed by atoms with Gasteiger partial charge in [0.25, 0.3) is 15.6 Å². The van der Waals surface area contributed by atoms with Crippen molar-refractivity contribution >= 4 is 33.0 Å². The minimum Gasteiger partial charge on any atom is -0.326 e. The predicted octanol–water partition coefficient (Wildman–Crippen LogP) is 2.68. The van der Waals surface area contributed by atoms with Crippen LogP contribution in [-0.2, 0) is 14.8 Å². The molecule has 31 heavy (non-hydrogen) atoms. The van der Waals surface area contributed by atoms with Crippen LogP contribution in [0.5, 0.6) is 0 Å². The van der Waals surface area contributed by atoms with E-state index in [1.807, 2.05) is 0 Å². The molecule has 0 aliphatic carbocycles. The Morgan fingerprint density at radius 3 is 2.65 bits per heavy atom. The molecule has 0 saturated carbocycles. The number of amides is 1. The zero-order valence-corrected chi connectivity index (χ0v) is 17.9. The number of piperidine rings is 1. The summed E-state index contributed by atoms with van der Waals surface area (Å²) in [6.07, 6.45) is 1.12. The fraction of sp³-hybridized carbons (Fsp3) is 0.250. The zero-order valence-electron chi connectivity index (χ0n) is 16.2. The van der Waals surface area contributed by atoms with Crippen LogP contribution >= 0.6 is 11.3 Å². The van der Waals surface area contributed by atoms with Gasteiger partial charge in [-0.3, -0.25) is 9.59 Å². The van der Waals surface area contributed by atoms with Crippen LogP contribution in [0.3, 0.4) is 0 Å². The number of aromatic amines is 1. The van der Waals surface area contributed by atoms with Crippen molar-refractivity contribution in [3.63, 3.8) is 0 Å². The minimum atomic E-state index is -3.78. The van der Waals surface area contributed by atoms with Gasteiger partial charge in [0.15, 0.2) is 0 Å². The first-order valence-corrected chi connectivity index (χ1v) is 11.8. The molecule has 1 aliphatic rings. The molecule has 0 spiro atoms. The van der Waals surface area contributed by atoms with Crippen molar-refractivity contribution in [2.24, 2.45) is 5.92 Å². The SMILES string of the molecule is O=C(Nc1ccc(F)cc1)[C@@H]1CCCN(S(=O)(=O)c2ccc(-c3ccc(=O)[nH]n3)s2)C1. The van der Waals surface area contributed by atoms with Crippen molar-refractivity contribution in [2.45, 2.75) is 17.1 Å². The molecule has 8 nitrogen and oxygen atoms in total. The van der Waals surface area contributed by atoms with E-state index in [4.69, 9.17) is 0 Å². The van der Waals surface area contributed by atoms with Gasteiger partial charge >= 0.3 is 0 Å². The number of benzene rings is 1. The Kier molecular flexibility index (Phi) is 5.99. The van der Waals surface area contributed by atoms with E-state index in [-0.39, 0.29) is 22.2 Å². The van der Waals surface area contributed by atoms with Crippen molar-refractivity contribution in [3.05, 3.63) is 64.7 Å². The monoisotopic (exact) mass is 462 g/mol. The van der Waals surface area contributed by atoms with E-state index in [1.165, 1.54) is 46.8 Å². The first kappa shape index (κ1) is 21.3. The standard InChI is InChI=1S/C20H19FN4O4S2/c21-14-3-5-15(6-4-14)22-20(27)13-2-1-11-25(12-13)31(28,29)19-10-8-17(30-19)16-7-9-18(26)24-23-16/h3-10,13H,1-2,11-12H2,(H,22,27)(H,24,26)/t13-/m1/s1. The van der Waals surface area contributed by atoms with E-state index in [2.05, 4.69) is 15.5 Å². The summed E-state index contributed by atoms with van der Waals surface area (Å²) in [6.45, 7) is 0.395. The summed E-state index contributed by atoms with van der Waals surface area (Å²) in [4.78, 5) is 24.4. The first-order valence-electron chi connectivity index (χ1n) is 9.55. The Bertz CT molecular complexity index is 1230. The lowest BCUT2D eigenvalue weighted by Gasteiger charge is -2.30. The second-order valence-electron chi connectivity index (χ2n) is 7.12. The summed E-state index contributed by atoms with van der Waals surface area (Å²) in [5.41, 5.74) is 0.593. The van der Waals surface area contributed by atoms with Crippen LogP contribution < -0.4 is 10.9 Å². The normalized spacial score (nSPS) is 17.4. The second-order valence-corrected chi connectivity index (χ2v) is 10.4. The van der Waals surface area contributed by atoms with Gasteiger partial charge < -0.3 is 5.32 Å². The van der Waals surface area contributed by atoms with Crippen molar-refractivity contribution in [2.75, 3.05) is 18.4 Å². The number of aromatic nitrogens is 2. The summed E-state index contributed by atoms with van der Waals surface area (Å²) in [7, 11) is -3.78. The lowest BCUT2D eigenvalue weighted by molar-refractivity contribution is -0.120. The van der Waals surface area contributed by atoms with Gasteiger partial charge in [0.1, 0.15) is 15.7 Å². The number of carbonyl (C=O) groups is 1. The number of hydrogen-bond donors (Lipinski definition) is 2. The highest BCUT2D eigenvalue weighted by Crippen LogP contribution is 2.32. The van der Waals surface area contributed by atoms with Crippen molar-refractivity contribution < 1.29 is 17.6 Å². The molecule has 3 aromatic rings. The number of rotatable bonds is 5. The van der Waals surface area contributed by atoms with Crippen LogP contribution in [0.2, 0.25) is 0 Å². The van der Waals surface area contributed by atoms with E-state index < -0.39 is 21.8 Å². The van der Waals surface area contributed by atoms with E-state index in [0.29, 0.717) is 35.6 Å².